The average Bonchev–Trinajstić information content (AvgIpc) is 2.41. The van der Waals surface area contributed by atoms with Gasteiger partial charge in [-0.1, -0.05) is 51.9 Å². The minimum atomic E-state index is -0.550. The molecule has 0 heterocycles. The quantitative estimate of drug-likeness (QED) is 0.286. The maximum Gasteiger partial charge on any atom is 0.308 e. The summed E-state index contributed by atoms with van der Waals surface area (Å²) in [6.07, 6.45) is 9.34. The smallest absolute Gasteiger partial charge is 0.308 e. The molecule has 20 heavy (non-hydrogen) atoms. The van der Waals surface area contributed by atoms with Gasteiger partial charge in [-0.3, -0.25) is 4.79 Å². The van der Waals surface area contributed by atoms with Gasteiger partial charge < -0.3 is 14.2 Å². The molecule has 4 heteroatoms. The Morgan fingerprint density at radius 3 is 2.00 bits per heavy atom. The monoisotopic (exact) mass is 288 g/mol. The van der Waals surface area contributed by atoms with Crippen molar-refractivity contribution >= 4 is 5.97 Å². The van der Waals surface area contributed by atoms with Gasteiger partial charge in [-0.25, -0.2) is 0 Å². The molecule has 0 saturated heterocycles. The molecule has 2 unspecified atom stereocenters. The number of carbonyl (C=O) groups excluding carboxylic acids is 1. The van der Waals surface area contributed by atoms with Crippen molar-refractivity contribution in [2.45, 2.75) is 91.1 Å². The molecule has 0 aromatic rings. The van der Waals surface area contributed by atoms with Crippen LogP contribution in [0.3, 0.4) is 0 Å². The van der Waals surface area contributed by atoms with Gasteiger partial charge in [0.1, 0.15) is 0 Å². The molecule has 0 aliphatic carbocycles. The maximum absolute atomic E-state index is 11.6. The first-order valence-electron chi connectivity index (χ1n) is 7.97. The maximum atomic E-state index is 11.6. The van der Waals surface area contributed by atoms with E-state index in [1.807, 2.05) is 0 Å². The van der Waals surface area contributed by atoms with Gasteiger partial charge in [-0.2, -0.15) is 0 Å². The largest absolute Gasteiger partial charge is 0.436 e. The van der Waals surface area contributed by atoms with Crippen LogP contribution in [0.4, 0.5) is 0 Å². The molecular weight excluding hydrogens is 256 g/mol. The molecule has 0 amide bonds. The first-order chi connectivity index (χ1) is 9.60. The highest BCUT2D eigenvalue weighted by atomic mass is 16.8. The van der Waals surface area contributed by atoms with Gasteiger partial charge in [0.05, 0.1) is 0 Å². The van der Waals surface area contributed by atoms with Crippen molar-refractivity contribution in [1.29, 1.82) is 0 Å². The van der Waals surface area contributed by atoms with Crippen molar-refractivity contribution in [2.24, 2.45) is 0 Å². The number of hydrogen-bond donors (Lipinski definition) is 0. The molecule has 0 radical (unpaired) electrons. The van der Waals surface area contributed by atoms with Crippen molar-refractivity contribution < 1.29 is 19.0 Å². The number of rotatable bonds is 13. The van der Waals surface area contributed by atoms with Gasteiger partial charge in [-0.15, -0.1) is 0 Å². The zero-order chi connectivity index (χ0) is 15.2. The van der Waals surface area contributed by atoms with Gasteiger partial charge >= 0.3 is 5.97 Å². The van der Waals surface area contributed by atoms with Gasteiger partial charge in [0, 0.05) is 13.5 Å². The van der Waals surface area contributed by atoms with Crippen molar-refractivity contribution in [3.8, 4) is 0 Å². The van der Waals surface area contributed by atoms with E-state index in [0.29, 0.717) is 6.42 Å². The van der Waals surface area contributed by atoms with E-state index < -0.39 is 6.29 Å². The van der Waals surface area contributed by atoms with Crippen LogP contribution in [0.25, 0.3) is 0 Å². The van der Waals surface area contributed by atoms with E-state index in [1.165, 1.54) is 38.5 Å². The van der Waals surface area contributed by atoms with E-state index in [9.17, 15) is 4.79 Å². The standard InChI is InChI=1S/C16H32O4/c1-5-6-7-8-9-10-11-12-13-16(17)20-15(3)19-14(2)18-4/h14-15H,5-13H2,1-4H3. The molecule has 0 aliphatic heterocycles. The van der Waals surface area contributed by atoms with Gasteiger partial charge in [0.2, 0.25) is 6.29 Å². The SMILES string of the molecule is CCCCCCCCCCC(=O)OC(C)OC(C)OC. The van der Waals surface area contributed by atoms with Crippen LogP contribution in [0.1, 0.15) is 78.6 Å². The first kappa shape index (κ1) is 19.4. The number of carbonyl (C=O) groups is 1. The summed E-state index contributed by atoms with van der Waals surface area (Å²) in [5, 5.41) is 0. The highest BCUT2D eigenvalue weighted by Gasteiger charge is 2.12. The Bertz CT molecular complexity index is 231. The summed E-state index contributed by atoms with van der Waals surface area (Å²) in [4.78, 5) is 11.6. The molecule has 0 N–H and O–H groups in total. The van der Waals surface area contributed by atoms with Crippen molar-refractivity contribution in [3.63, 3.8) is 0 Å². The Kier molecular flexibility index (Phi) is 13.0. The number of unbranched alkanes of at least 4 members (excludes halogenated alkanes) is 7. The lowest BCUT2D eigenvalue weighted by Crippen LogP contribution is -2.23. The van der Waals surface area contributed by atoms with Crippen LogP contribution in [0.15, 0.2) is 0 Å². The summed E-state index contributed by atoms with van der Waals surface area (Å²) < 4.78 is 15.4. The summed E-state index contributed by atoms with van der Waals surface area (Å²) in [5.41, 5.74) is 0. The minimum Gasteiger partial charge on any atom is -0.436 e. The predicted octanol–water partition coefficient (Wildman–Crippen LogP) is 4.42. The lowest BCUT2D eigenvalue weighted by Gasteiger charge is -2.18. The number of hydrogen-bond acceptors (Lipinski definition) is 4. The molecule has 4 nitrogen and oxygen atoms in total. The Labute approximate surface area is 124 Å². The highest BCUT2D eigenvalue weighted by molar-refractivity contribution is 5.69. The van der Waals surface area contributed by atoms with Crippen LogP contribution >= 0.6 is 0 Å². The van der Waals surface area contributed by atoms with Crippen LogP contribution in [-0.2, 0) is 19.0 Å². The van der Waals surface area contributed by atoms with E-state index in [1.54, 1.807) is 21.0 Å². The Morgan fingerprint density at radius 1 is 0.900 bits per heavy atom. The van der Waals surface area contributed by atoms with Gasteiger partial charge in [-0.05, 0) is 20.3 Å². The van der Waals surface area contributed by atoms with Crippen molar-refractivity contribution in [3.05, 3.63) is 0 Å². The molecule has 0 fully saturated rings. The average molecular weight is 288 g/mol. The lowest BCUT2D eigenvalue weighted by molar-refractivity contribution is -0.222. The minimum absolute atomic E-state index is 0.188. The number of esters is 1. The molecule has 0 aromatic heterocycles. The number of methoxy groups -OCH3 is 1. The molecule has 2 atom stereocenters. The van der Waals surface area contributed by atoms with Gasteiger partial charge in [0.25, 0.3) is 0 Å². The number of ether oxygens (including phenoxy) is 3. The Morgan fingerprint density at radius 2 is 1.45 bits per heavy atom. The van der Waals surface area contributed by atoms with E-state index >= 15 is 0 Å². The second-order valence-electron chi connectivity index (χ2n) is 5.22. The van der Waals surface area contributed by atoms with Crippen LogP contribution in [0, 0.1) is 0 Å². The third kappa shape index (κ3) is 12.4. The molecule has 0 bridgehead atoms. The highest BCUT2D eigenvalue weighted by Crippen LogP contribution is 2.10. The molecule has 0 saturated carbocycles. The molecule has 120 valence electrons. The first-order valence-corrected chi connectivity index (χ1v) is 7.97. The second-order valence-corrected chi connectivity index (χ2v) is 5.22. The summed E-state index contributed by atoms with van der Waals surface area (Å²) in [6, 6.07) is 0. The summed E-state index contributed by atoms with van der Waals surface area (Å²) in [7, 11) is 1.56. The third-order valence-corrected chi connectivity index (χ3v) is 3.25. The van der Waals surface area contributed by atoms with Gasteiger partial charge in [0.15, 0.2) is 6.29 Å². The lowest BCUT2D eigenvalue weighted by atomic mass is 10.1. The Balaban J connectivity index is 3.40. The molecule has 0 aromatic carbocycles. The zero-order valence-electron chi connectivity index (χ0n) is 13.7. The normalized spacial score (nSPS) is 14.0. The van der Waals surface area contributed by atoms with Crippen LogP contribution in [0.2, 0.25) is 0 Å². The molecule has 0 aliphatic rings. The summed E-state index contributed by atoms with van der Waals surface area (Å²) in [5.74, 6) is -0.188. The van der Waals surface area contributed by atoms with E-state index in [4.69, 9.17) is 14.2 Å². The second kappa shape index (κ2) is 13.4. The fourth-order valence-electron chi connectivity index (χ4n) is 2.00. The molecule has 0 rings (SSSR count). The van der Waals surface area contributed by atoms with Crippen LogP contribution in [0.5, 0.6) is 0 Å². The predicted molar refractivity (Wildman–Crippen MR) is 80.3 cm³/mol. The van der Waals surface area contributed by atoms with E-state index in [0.717, 1.165) is 12.8 Å². The third-order valence-electron chi connectivity index (χ3n) is 3.25. The zero-order valence-corrected chi connectivity index (χ0v) is 13.7. The topological polar surface area (TPSA) is 44.8 Å². The summed E-state index contributed by atoms with van der Waals surface area (Å²) >= 11 is 0. The van der Waals surface area contributed by atoms with Crippen molar-refractivity contribution in [1.82, 2.24) is 0 Å². The van der Waals surface area contributed by atoms with E-state index in [-0.39, 0.29) is 12.3 Å². The fourth-order valence-corrected chi connectivity index (χ4v) is 2.00. The van der Waals surface area contributed by atoms with Crippen molar-refractivity contribution in [2.75, 3.05) is 7.11 Å². The van der Waals surface area contributed by atoms with E-state index in [2.05, 4.69) is 6.92 Å². The molecular formula is C16H32O4. The Hall–Kier alpha value is -0.610. The molecule has 0 spiro atoms. The van der Waals surface area contributed by atoms with Crippen LogP contribution < -0.4 is 0 Å². The fraction of sp³-hybridized carbons (Fsp3) is 0.938. The van der Waals surface area contributed by atoms with Crippen LogP contribution in [-0.4, -0.2) is 25.7 Å². The summed E-state index contributed by atoms with van der Waals surface area (Å²) in [6.45, 7) is 5.70.